The van der Waals surface area contributed by atoms with Gasteiger partial charge in [0.2, 0.25) is 5.95 Å². The molecule has 0 atom stereocenters. The summed E-state index contributed by atoms with van der Waals surface area (Å²) in [7, 11) is 3.20. The number of rotatable bonds is 6. The summed E-state index contributed by atoms with van der Waals surface area (Å²) in [6.45, 7) is 0. The smallest absolute Gasteiger partial charge is 0.230 e. The van der Waals surface area contributed by atoms with Crippen LogP contribution in [0.25, 0.3) is 10.9 Å². The van der Waals surface area contributed by atoms with Crippen molar-refractivity contribution < 1.29 is 9.47 Å². The van der Waals surface area contributed by atoms with Gasteiger partial charge in [0.25, 0.3) is 0 Å². The van der Waals surface area contributed by atoms with Crippen LogP contribution in [0, 0.1) is 0 Å². The zero-order valence-corrected chi connectivity index (χ0v) is 15.5. The highest BCUT2D eigenvalue weighted by atomic mass is 16.5. The van der Waals surface area contributed by atoms with Gasteiger partial charge in [-0.05, 0) is 30.3 Å². The van der Waals surface area contributed by atoms with Crippen molar-refractivity contribution >= 4 is 34.2 Å². The molecule has 4 rings (SSSR count). The molecule has 28 heavy (non-hydrogen) atoms. The number of pyridine rings is 1. The molecule has 7 nitrogen and oxygen atoms in total. The third-order valence-electron chi connectivity index (χ3n) is 4.14. The number of methoxy groups -OCH3 is 2. The van der Waals surface area contributed by atoms with Crippen LogP contribution >= 0.6 is 0 Å². The quantitative estimate of drug-likeness (QED) is 0.514. The van der Waals surface area contributed by atoms with Gasteiger partial charge in [0.1, 0.15) is 11.6 Å². The van der Waals surface area contributed by atoms with Gasteiger partial charge in [-0.3, -0.25) is 0 Å². The Balaban J connectivity index is 1.84. The Kier molecular flexibility index (Phi) is 4.88. The molecule has 2 aromatic heterocycles. The number of ether oxygens (including phenoxy) is 2. The third-order valence-corrected chi connectivity index (χ3v) is 4.14. The van der Waals surface area contributed by atoms with Crippen molar-refractivity contribution in [1.29, 1.82) is 0 Å². The number of fused-ring (bicyclic) bond motifs is 1. The minimum absolute atomic E-state index is 0.428. The van der Waals surface area contributed by atoms with E-state index in [0.29, 0.717) is 34.6 Å². The molecule has 7 heteroatoms. The fourth-order valence-electron chi connectivity index (χ4n) is 2.82. The molecule has 0 amide bonds. The van der Waals surface area contributed by atoms with Crippen LogP contribution in [-0.4, -0.2) is 29.2 Å². The summed E-state index contributed by atoms with van der Waals surface area (Å²) in [6.07, 6.45) is 1.71. The molecule has 0 aliphatic heterocycles. The summed E-state index contributed by atoms with van der Waals surface area (Å²) < 4.78 is 10.9. The topological polar surface area (TPSA) is 81.2 Å². The highest BCUT2D eigenvalue weighted by molar-refractivity contribution is 5.94. The largest absolute Gasteiger partial charge is 0.493 e. The Labute approximate surface area is 162 Å². The lowest BCUT2D eigenvalue weighted by Gasteiger charge is -2.14. The Morgan fingerprint density at radius 1 is 0.786 bits per heavy atom. The first-order valence-electron chi connectivity index (χ1n) is 8.71. The molecule has 0 saturated carbocycles. The molecule has 0 radical (unpaired) electrons. The van der Waals surface area contributed by atoms with Gasteiger partial charge < -0.3 is 20.1 Å². The van der Waals surface area contributed by atoms with Crippen LogP contribution in [0.3, 0.4) is 0 Å². The third kappa shape index (κ3) is 3.64. The lowest BCUT2D eigenvalue weighted by molar-refractivity contribution is 0.356. The normalized spacial score (nSPS) is 10.5. The second-order valence-corrected chi connectivity index (χ2v) is 5.95. The molecule has 2 heterocycles. The number of hydrogen-bond donors (Lipinski definition) is 2. The zero-order valence-electron chi connectivity index (χ0n) is 15.5. The van der Waals surface area contributed by atoms with Gasteiger partial charge in [0, 0.05) is 23.3 Å². The number of nitrogens with one attached hydrogen (secondary N) is 2. The van der Waals surface area contributed by atoms with Crippen molar-refractivity contribution in [3.63, 3.8) is 0 Å². The van der Waals surface area contributed by atoms with Crippen LogP contribution in [0.4, 0.5) is 23.3 Å². The molecule has 0 fully saturated rings. The summed E-state index contributed by atoms with van der Waals surface area (Å²) in [4.78, 5) is 13.5. The van der Waals surface area contributed by atoms with Crippen LogP contribution in [0.2, 0.25) is 0 Å². The average molecular weight is 373 g/mol. The van der Waals surface area contributed by atoms with Crippen molar-refractivity contribution in [2.45, 2.75) is 0 Å². The summed E-state index contributed by atoms with van der Waals surface area (Å²) in [5.74, 6) is 2.95. The first kappa shape index (κ1) is 17.5. The molecule has 2 N–H and O–H groups in total. The maximum atomic E-state index is 5.44. The molecule has 140 valence electrons. The minimum atomic E-state index is 0.428. The van der Waals surface area contributed by atoms with Crippen molar-refractivity contribution in [3.8, 4) is 11.5 Å². The number of anilines is 4. The molecule has 0 bridgehead atoms. The zero-order chi connectivity index (χ0) is 19.3. The summed E-state index contributed by atoms with van der Waals surface area (Å²) in [6, 6.07) is 19.1. The molecular weight excluding hydrogens is 354 g/mol. The van der Waals surface area contributed by atoms with Gasteiger partial charge in [-0.15, -0.1) is 0 Å². The second kappa shape index (κ2) is 7.79. The van der Waals surface area contributed by atoms with E-state index in [1.807, 2.05) is 60.7 Å². The van der Waals surface area contributed by atoms with E-state index in [1.54, 1.807) is 20.4 Å². The monoisotopic (exact) mass is 373 g/mol. The van der Waals surface area contributed by atoms with Gasteiger partial charge in [0.15, 0.2) is 11.5 Å². The average Bonchev–Trinajstić information content (AvgIpc) is 2.74. The van der Waals surface area contributed by atoms with Gasteiger partial charge in [-0.1, -0.05) is 24.3 Å². The number of benzene rings is 2. The first-order chi connectivity index (χ1) is 13.8. The van der Waals surface area contributed by atoms with E-state index in [0.717, 1.165) is 11.1 Å². The number of para-hydroxylation sites is 1. The van der Waals surface area contributed by atoms with Crippen molar-refractivity contribution in [2.75, 3.05) is 24.9 Å². The lowest BCUT2D eigenvalue weighted by atomic mass is 10.2. The predicted molar refractivity (Wildman–Crippen MR) is 110 cm³/mol. The highest BCUT2D eigenvalue weighted by Crippen LogP contribution is 2.35. The van der Waals surface area contributed by atoms with Crippen molar-refractivity contribution in [2.24, 2.45) is 0 Å². The fourth-order valence-corrected chi connectivity index (χ4v) is 2.82. The van der Waals surface area contributed by atoms with Gasteiger partial charge >= 0.3 is 0 Å². The maximum absolute atomic E-state index is 5.44. The summed E-state index contributed by atoms with van der Waals surface area (Å²) >= 11 is 0. The molecule has 0 spiro atoms. The number of nitrogens with zero attached hydrogens (tertiary/aromatic N) is 3. The number of hydrogen-bond acceptors (Lipinski definition) is 7. The Hall–Kier alpha value is -3.87. The van der Waals surface area contributed by atoms with Crippen molar-refractivity contribution in [3.05, 3.63) is 66.9 Å². The molecule has 4 aromatic rings. The van der Waals surface area contributed by atoms with E-state index in [2.05, 4.69) is 25.6 Å². The van der Waals surface area contributed by atoms with E-state index in [9.17, 15) is 0 Å². The van der Waals surface area contributed by atoms with Crippen LogP contribution in [0.1, 0.15) is 0 Å². The van der Waals surface area contributed by atoms with Gasteiger partial charge in [-0.2, -0.15) is 4.98 Å². The van der Waals surface area contributed by atoms with E-state index in [4.69, 9.17) is 9.47 Å². The fraction of sp³-hybridized carbons (Fsp3) is 0.0952. The molecule has 2 aromatic carbocycles. The van der Waals surface area contributed by atoms with Gasteiger partial charge in [-0.25, -0.2) is 9.97 Å². The minimum Gasteiger partial charge on any atom is -0.493 e. The van der Waals surface area contributed by atoms with E-state index in [-0.39, 0.29) is 0 Å². The van der Waals surface area contributed by atoms with Gasteiger partial charge in [0.05, 0.1) is 19.7 Å². The Morgan fingerprint density at radius 3 is 2.25 bits per heavy atom. The van der Waals surface area contributed by atoms with Crippen LogP contribution in [-0.2, 0) is 0 Å². The van der Waals surface area contributed by atoms with Crippen LogP contribution in [0.5, 0.6) is 11.5 Å². The van der Waals surface area contributed by atoms with E-state index >= 15 is 0 Å². The number of aromatic nitrogens is 3. The summed E-state index contributed by atoms with van der Waals surface area (Å²) in [5, 5.41) is 7.31. The first-order valence-corrected chi connectivity index (χ1v) is 8.71. The van der Waals surface area contributed by atoms with Crippen LogP contribution in [0.15, 0.2) is 66.9 Å². The molecule has 0 unspecified atom stereocenters. The maximum Gasteiger partial charge on any atom is 0.230 e. The second-order valence-electron chi connectivity index (χ2n) is 5.95. The SMILES string of the molecule is COc1cc2nc(Nc3ccccn3)nc(Nc3ccccc3)c2cc1OC. The molecular formula is C21H19N5O2. The highest BCUT2D eigenvalue weighted by Gasteiger charge is 2.14. The van der Waals surface area contributed by atoms with Crippen LogP contribution < -0.4 is 20.1 Å². The van der Waals surface area contributed by atoms with E-state index < -0.39 is 0 Å². The van der Waals surface area contributed by atoms with Crippen molar-refractivity contribution in [1.82, 2.24) is 15.0 Å². The molecule has 0 saturated heterocycles. The summed E-state index contributed by atoms with van der Waals surface area (Å²) in [5.41, 5.74) is 1.63. The molecule has 0 aliphatic rings. The standard InChI is InChI=1S/C21H19N5O2/c1-27-17-12-15-16(13-18(17)28-2)24-21(25-19-10-6-7-11-22-19)26-20(15)23-14-8-4-3-5-9-14/h3-13H,1-2H3,(H2,22,23,24,25,26). The lowest BCUT2D eigenvalue weighted by Crippen LogP contribution is -2.03. The Bertz CT molecular complexity index is 1090. The Morgan fingerprint density at radius 2 is 1.54 bits per heavy atom. The van der Waals surface area contributed by atoms with E-state index in [1.165, 1.54) is 0 Å². The predicted octanol–water partition coefficient (Wildman–Crippen LogP) is 4.53. The molecule has 0 aliphatic carbocycles.